The zero-order chi connectivity index (χ0) is 10.3. The molecule has 0 saturated carbocycles. The average Bonchev–Trinajstić information content (AvgIpc) is 2.82. The molecule has 3 nitrogen and oxygen atoms in total. The monoisotopic (exact) mass is 201 g/mol. The third-order valence-electron chi connectivity index (χ3n) is 2.62. The molecule has 0 fully saturated rings. The lowest BCUT2D eigenvalue weighted by molar-refractivity contribution is 0.254. The van der Waals surface area contributed by atoms with E-state index in [2.05, 4.69) is 18.1 Å². The fourth-order valence-corrected chi connectivity index (χ4v) is 1.94. The van der Waals surface area contributed by atoms with Gasteiger partial charge in [0.05, 0.1) is 6.20 Å². The molecule has 0 spiro atoms. The Hall–Kier alpha value is -1.77. The van der Waals surface area contributed by atoms with Gasteiger partial charge < -0.3 is 9.26 Å². The van der Waals surface area contributed by atoms with E-state index in [1.807, 2.05) is 18.2 Å². The first kappa shape index (κ1) is 8.53. The van der Waals surface area contributed by atoms with Crippen LogP contribution < -0.4 is 4.74 Å². The zero-order valence-electron chi connectivity index (χ0n) is 8.43. The number of hydrogen-bond donors (Lipinski definition) is 0. The van der Waals surface area contributed by atoms with Gasteiger partial charge >= 0.3 is 0 Å². The minimum absolute atomic E-state index is 0.282. The fourth-order valence-electron chi connectivity index (χ4n) is 1.94. The predicted octanol–water partition coefficient (Wildman–Crippen LogP) is 2.67. The summed E-state index contributed by atoms with van der Waals surface area (Å²) in [7, 11) is 0. The van der Waals surface area contributed by atoms with Crippen molar-refractivity contribution in [2.24, 2.45) is 0 Å². The van der Waals surface area contributed by atoms with Gasteiger partial charge in [-0.05, 0) is 30.7 Å². The Morgan fingerprint density at radius 3 is 3.07 bits per heavy atom. The molecule has 1 aliphatic rings. The first-order valence-corrected chi connectivity index (χ1v) is 5.03. The molecule has 76 valence electrons. The van der Waals surface area contributed by atoms with Crippen molar-refractivity contribution in [2.75, 3.05) is 0 Å². The van der Waals surface area contributed by atoms with E-state index < -0.39 is 0 Å². The highest BCUT2D eigenvalue weighted by molar-refractivity contribution is 5.60. The Kier molecular flexibility index (Phi) is 1.78. The van der Waals surface area contributed by atoms with Crippen molar-refractivity contribution < 1.29 is 9.26 Å². The van der Waals surface area contributed by atoms with Gasteiger partial charge in [0.25, 0.3) is 0 Å². The van der Waals surface area contributed by atoms with Crippen LogP contribution in [0, 0.1) is 0 Å². The molecule has 0 N–H and O–H groups in total. The van der Waals surface area contributed by atoms with Crippen LogP contribution in [0.4, 0.5) is 0 Å². The lowest BCUT2D eigenvalue weighted by atomic mass is 10.1. The number of fused-ring (bicyclic) bond motifs is 1. The Morgan fingerprint density at radius 2 is 2.27 bits per heavy atom. The Bertz CT molecular complexity index is 476. The van der Waals surface area contributed by atoms with Gasteiger partial charge in [-0.3, -0.25) is 0 Å². The maximum absolute atomic E-state index is 5.63. The maximum Gasteiger partial charge on any atom is 0.166 e. The maximum atomic E-state index is 5.63. The van der Waals surface area contributed by atoms with Crippen LogP contribution in [0.5, 0.6) is 5.75 Å². The van der Waals surface area contributed by atoms with Crippen LogP contribution in [0.2, 0.25) is 0 Å². The van der Waals surface area contributed by atoms with E-state index in [0.29, 0.717) is 0 Å². The number of nitrogens with zero attached hydrogens (tertiary/aromatic N) is 1. The van der Waals surface area contributed by atoms with Crippen LogP contribution in [0.15, 0.2) is 35.0 Å². The van der Waals surface area contributed by atoms with Gasteiger partial charge in [-0.25, -0.2) is 0 Å². The van der Waals surface area contributed by atoms with Crippen LogP contribution >= 0.6 is 0 Å². The minimum atomic E-state index is 0.282. The van der Waals surface area contributed by atoms with Gasteiger partial charge in [0.1, 0.15) is 11.9 Å². The fraction of sp³-hybridized carbons (Fsp3) is 0.250. The highest BCUT2D eigenvalue weighted by Gasteiger charge is 2.19. The second-order valence-corrected chi connectivity index (χ2v) is 3.83. The summed E-state index contributed by atoms with van der Waals surface area (Å²) in [6.07, 6.45) is 2.91. The van der Waals surface area contributed by atoms with E-state index in [1.165, 1.54) is 5.56 Å². The number of hydrogen-bond acceptors (Lipinski definition) is 3. The second-order valence-electron chi connectivity index (χ2n) is 3.83. The molecule has 0 bridgehead atoms. The molecule has 3 heteroatoms. The van der Waals surface area contributed by atoms with Gasteiger partial charge in [0, 0.05) is 18.1 Å². The van der Waals surface area contributed by atoms with Gasteiger partial charge in [-0.2, -0.15) is 0 Å². The summed E-state index contributed by atoms with van der Waals surface area (Å²) in [5, 5.41) is 3.70. The van der Waals surface area contributed by atoms with Crippen LogP contribution in [0.3, 0.4) is 0 Å². The van der Waals surface area contributed by atoms with Crippen LogP contribution in [-0.2, 0) is 6.42 Å². The van der Waals surface area contributed by atoms with Crippen molar-refractivity contribution in [1.82, 2.24) is 5.16 Å². The van der Waals surface area contributed by atoms with E-state index in [4.69, 9.17) is 9.26 Å². The molecule has 1 aromatic heterocycles. The highest BCUT2D eigenvalue weighted by Crippen LogP contribution is 2.32. The lowest BCUT2D eigenvalue weighted by Gasteiger charge is -2.02. The van der Waals surface area contributed by atoms with Crippen LogP contribution in [0.1, 0.15) is 12.5 Å². The molecule has 0 saturated heterocycles. The normalized spacial score (nSPS) is 18.6. The molecule has 3 rings (SSSR count). The van der Waals surface area contributed by atoms with Crippen LogP contribution in [-0.4, -0.2) is 11.3 Å². The SMILES string of the molecule is CC1Cc2cc(-c3ccno3)ccc2O1. The Labute approximate surface area is 87.7 Å². The molecule has 1 aromatic carbocycles. The van der Waals surface area contributed by atoms with E-state index in [1.54, 1.807) is 6.20 Å². The first-order valence-electron chi connectivity index (χ1n) is 5.03. The number of ether oxygens (including phenoxy) is 1. The molecule has 1 aliphatic heterocycles. The summed E-state index contributed by atoms with van der Waals surface area (Å²) >= 11 is 0. The summed E-state index contributed by atoms with van der Waals surface area (Å²) in [4.78, 5) is 0. The van der Waals surface area contributed by atoms with Crippen molar-refractivity contribution in [3.05, 3.63) is 36.0 Å². The minimum Gasteiger partial charge on any atom is -0.490 e. The topological polar surface area (TPSA) is 35.3 Å². The molecule has 0 radical (unpaired) electrons. The summed E-state index contributed by atoms with van der Waals surface area (Å²) < 4.78 is 10.7. The van der Waals surface area contributed by atoms with Crippen molar-refractivity contribution >= 4 is 0 Å². The number of rotatable bonds is 1. The summed E-state index contributed by atoms with van der Waals surface area (Å²) in [5.74, 6) is 1.79. The standard InChI is InChI=1S/C12H11NO2/c1-8-6-10-7-9(2-3-11(10)14-8)12-4-5-13-15-12/h2-5,7-8H,6H2,1H3. The van der Waals surface area contributed by atoms with Crippen molar-refractivity contribution in [2.45, 2.75) is 19.4 Å². The van der Waals surface area contributed by atoms with Crippen molar-refractivity contribution in [3.8, 4) is 17.1 Å². The van der Waals surface area contributed by atoms with Crippen molar-refractivity contribution in [3.63, 3.8) is 0 Å². The van der Waals surface area contributed by atoms with Gasteiger partial charge in [0.15, 0.2) is 5.76 Å². The predicted molar refractivity (Wildman–Crippen MR) is 55.7 cm³/mol. The molecule has 15 heavy (non-hydrogen) atoms. The lowest BCUT2D eigenvalue weighted by Crippen LogP contribution is -2.05. The van der Waals surface area contributed by atoms with E-state index >= 15 is 0 Å². The average molecular weight is 201 g/mol. The third-order valence-corrected chi connectivity index (χ3v) is 2.62. The molecule has 0 aliphatic carbocycles. The quantitative estimate of drug-likeness (QED) is 0.711. The molecular weight excluding hydrogens is 190 g/mol. The Morgan fingerprint density at radius 1 is 1.33 bits per heavy atom. The van der Waals surface area contributed by atoms with Crippen LogP contribution in [0.25, 0.3) is 11.3 Å². The zero-order valence-corrected chi connectivity index (χ0v) is 8.43. The molecule has 1 atom stereocenters. The summed E-state index contributed by atoms with van der Waals surface area (Å²) in [6.45, 7) is 2.08. The number of benzene rings is 1. The van der Waals surface area contributed by atoms with Gasteiger partial charge in [0.2, 0.25) is 0 Å². The molecule has 2 heterocycles. The number of aromatic nitrogens is 1. The summed E-state index contributed by atoms with van der Waals surface area (Å²) in [6, 6.07) is 7.97. The Balaban J connectivity index is 2.04. The first-order chi connectivity index (χ1) is 7.33. The van der Waals surface area contributed by atoms with E-state index in [0.717, 1.165) is 23.5 Å². The molecule has 0 amide bonds. The van der Waals surface area contributed by atoms with E-state index in [-0.39, 0.29) is 6.10 Å². The van der Waals surface area contributed by atoms with Crippen molar-refractivity contribution in [1.29, 1.82) is 0 Å². The summed E-state index contributed by atoms with van der Waals surface area (Å²) in [5.41, 5.74) is 2.31. The largest absolute Gasteiger partial charge is 0.490 e. The second kappa shape index (κ2) is 3.12. The smallest absolute Gasteiger partial charge is 0.166 e. The van der Waals surface area contributed by atoms with Gasteiger partial charge in [-0.1, -0.05) is 5.16 Å². The molecule has 2 aromatic rings. The molecular formula is C12H11NO2. The highest BCUT2D eigenvalue weighted by atomic mass is 16.5. The van der Waals surface area contributed by atoms with Gasteiger partial charge in [-0.15, -0.1) is 0 Å². The third kappa shape index (κ3) is 1.40. The molecule has 1 unspecified atom stereocenters. The van der Waals surface area contributed by atoms with E-state index in [9.17, 15) is 0 Å².